The molecule has 0 heterocycles. The molecule has 24 heavy (non-hydrogen) atoms. The number of hydrogen-bond donors (Lipinski definition) is 2. The molecule has 0 spiro atoms. The first-order valence-electron chi connectivity index (χ1n) is 8.19. The van der Waals surface area contributed by atoms with E-state index in [9.17, 15) is 4.79 Å². The minimum Gasteiger partial charge on any atom is -0.360 e. The third-order valence-electron chi connectivity index (χ3n) is 5.00. The number of fused-ring (bicyclic) bond motifs is 2. The van der Waals surface area contributed by atoms with Crippen molar-refractivity contribution in [2.75, 3.05) is 18.9 Å². The second-order valence-electron chi connectivity index (χ2n) is 6.73. The number of thiocarbonyl (C=S) groups is 1. The van der Waals surface area contributed by atoms with Gasteiger partial charge in [-0.15, -0.1) is 0 Å². The molecule has 2 aliphatic carbocycles. The van der Waals surface area contributed by atoms with Crippen LogP contribution in [0.1, 0.15) is 25.7 Å². The van der Waals surface area contributed by atoms with Crippen molar-refractivity contribution >= 4 is 52.1 Å². The quantitative estimate of drug-likeness (QED) is 0.770. The number of likely N-dealkylation sites (N-methyl/N-ethyl adjacent to an activating group) is 1. The van der Waals surface area contributed by atoms with Gasteiger partial charge >= 0.3 is 0 Å². The van der Waals surface area contributed by atoms with Crippen LogP contribution < -0.4 is 10.6 Å². The Labute approximate surface area is 157 Å². The van der Waals surface area contributed by atoms with Gasteiger partial charge in [-0.3, -0.25) is 4.79 Å². The van der Waals surface area contributed by atoms with E-state index >= 15 is 0 Å². The summed E-state index contributed by atoms with van der Waals surface area (Å²) in [5, 5.41) is 7.63. The zero-order chi connectivity index (χ0) is 17.3. The van der Waals surface area contributed by atoms with Crippen molar-refractivity contribution < 1.29 is 4.79 Å². The van der Waals surface area contributed by atoms with E-state index in [-0.39, 0.29) is 12.5 Å². The number of nitrogens with one attached hydrogen (secondary N) is 2. The van der Waals surface area contributed by atoms with E-state index in [1.807, 2.05) is 7.05 Å². The summed E-state index contributed by atoms with van der Waals surface area (Å²) in [5.74, 6) is 1.38. The fourth-order valence-corrected chi connectivity index (χ4v) is 4.48. The highest BCUT2D eigenvalue weighted by Gasteiger charge is 2.39. The SMILES string of the molecule is CN(CC(=O)Nc1c(Cl)cccc1Cl)C(=S)N[C@@H]1C[C@H]2CC[C@H]1C2. The van der Waals surface area contributed by atoms with Crippen molar-refractivity contribution in [3.63, 3.8) is 0 Å². The number of rotatable bonds is 4. The summed E-state index contributed by atoms with van der Waals surface area (Å²) >= 11 is 17.6. The number of carbonyl (C=O) groups excluding carboxylic acids is 1. The fraction of sp³-hybridized carbons (Fsp3) is 0.529. The molecule has 2 bridgehead atoms. The van der Waals surface area contributed by atoms with Gasteiger partial charge in [-0.1, -0.05) is 35.7 Å². The van der Waals surface area contributed by atoms with Gasteiger partial charge in [0.2, 0.25) is 5.91 Å². The van der Waals surface area contributed by atoms with E-state index < -0.39 is 0 Å². The molecule has 2 aliphatic rings. The van der Waals surface area contributed by atoms with Crippen LogP contribution in [0.15, 0.2) is 18.2 Å². The molecule has 2 N–H and O–H groups in total. The molecule has 130 valence electrons. The minimum absolute atomic E-state index is 0.147. The molecular formula is C17H21Cl2N3OS. The molecule has 3 rings (SSSR count). The van der Waals surface area contributed by atoms with Crippen molar-refractivity contribution in [3.05, 3.63) is 28.2 Å². The number of benzene rings is 1. The van der Waals surface area contributed by atoms with Gasteiger partial charge in [0.1, 0.15) is 0 Å². The largest absolute Gasteiger partial charge is 0.360 e. The van der Waals surface area contributed by atoms with E-state index in [1.165, 1.54) is 25.7 Å². The Kier molecular flexibility index (Phi) is 5.52. The van der Waals surface area contributed by atoms with Gasteiger partial charge in [-0.25, -0.2) is 0 Å². The molecule has 1 aromatic rings. The highest BCUT2D eigenvalue weighted by molar-refractivity contribution is 7.80. The maximum absolute atomic E-state index is 12.2. The Balaban J connectivity index is 1.51. The number of hydrogen-bond acceptors (Lipinski definition) is 2. The number of anilines is 1. The average molecular weight is 386 g/mol. The lowest BCUT2D eigenvalue weighted by Crippen LogP contribution is -2.47. The zero-order valence-corrected chi connectivity index (χ0v) is 15.8. The van der Waals surface area contributed by atoms with Crippen LogP contribution in [0.25, 0.3) is 0 Å². The molecule has 1 amide bonds. The second kappa shape index (κ2) is 7.46. The molecule has 3 atom stereocenters. The lowest BCUT2D eigenvalue weighted by molar-refractivity contribution is -0.116. The number of halogens is 2. The first kappa shape index (κ1) is 17.8. The van der Waals surface area contributed by atoms with Crippen molar-refractivity contribution in [3.8, 4) is 0 Å². The lowest BCUT2D eigenvalue weighted by atomic mass is 9.95. The summed E-state index contributed by atoms with van der Waals surface area (Å²) in [6, 6.07) is 5.57. The predicted molar refractivity (Wildman–Crippen MR) is 103 cm³/mol. The van der Waals surface area contributed by atoms with Gasteiger partial charge < -0.3 is 15.5 Å². The smallest absolute Gasteiger partial charge is 0.244 e. The summed E-state index contributed by atoms with van der Waals surface area (Å²) in [5.41, 5.74) is 0.436. The maximum atomic E-state index is 12.2. The van der Waals surface area contributed by atoms with Gasteiger partial charge in [-0.05, 0) is 55.4 Å². The molecule has 0 aromatic heterocycles. The summed E-state index contributed by atoms with van der Waals surface area (Å²) in [4.78, 5) is 14.0. The monoisotopic (exact) mass is 385 g/mol. The lowest BCUT2D eigenvalue weighted by Gasteiger charge is -2.28. The van der Waals surface area contributed by atoms with Gasteiger partial charge in [-0.2, -0.15) is 0 Å². The van der Waals surface area contributed by atoms with Crippen LogP contribution in [-0.2, 0) is 4.79 Å². The molecule has 0 aliphatic heterocycles. The molecule has 0 saturated heterocycles. The fourth-order valence-electron chi connectivity index (χ4n) is 3.77. The molecule has 2 saturated carbocycles. The van der Waals surface area contributed by atoms with E-state index in [0.717, 1.165) is 11.8 Å². The maximum Gasteiger partial charge on any atom is 0.244 e. The Morgan fingerprint density at radius 3 is 2.58 bits per heavy atom. The Morgan fingerprint density at radius 1 is 1.29 bits per heavy atom. The van der Waals surface area contributed by atoms with Gasteiger partial charge in [0.25, 0.3) is 0 Å². The summed E-state index contributed by atoms with van der Waals surface area (Å²) < 4.78 is 0. The van der Waals surface area contributed by atoms with Gasteiger partial charge in [0.05, 0.1) is 22.3 Å². The van der Waals surface area contributed by atoms with Crippen LogP contribution >= 0.6 is 35.4 Å². The number of para-hydroxylation sites is 1. The average Bonchev–Trinajstić information content (AvgIpc) is 3.13. The Bertz CT molecular complexity index is 634. The minimum atomic E-state index is -0.204. The third-order valence-corrected chi connectivity index (χ3v) is 6.06. The van der Waals surface area contributed by atoms with Crippen LogP contribution in [-0.4, -0.2) is 35.6 Å². The van der Waals surface area contributed by atoms with Crippen LogP contribution in [0.5, 0.6) is 0 Å². The Hall–Kier alpha value is -1.04. The highest BCUT2D eigenvalue weighted by Crippen LogP contribution is 2.44. The zero-order valence-electron chi connectivity index (χ0n) is 13.5. The van der Waals surface area contributed by atoms with Crippen LogP contribution in [0.4, 0.5) is 5.69 Å². The predicted octanol–water partition coefficient (Wildman–Crippen LogP) is 3.93. The topological polar surface area (TPSA) is 44.4 Å². The van der Waals surface area contributed by atoms with Crippen molar-refractivity contribution in [1.82, 2.24) is 10.2 Å². The molecule has 4 nitrogen and oxygen atoms in total. The number of carbonyl (C=O) groups is 1. The van der Waals surface area contributed by atoms with Crippen LogP contribution in [0.3, 0.4) is 0 Å². The third kappa shape index (κ3) is 3.95. The molecule has 7 heteroatoms. The number of nitrogens with zero attached hydrogens (tertiary/aromatic N) is 1. The standard InChI is InChI=1S/C17H21Cl2N3OS/c1-22(17(24)20-14-8-10-5-6-11(14)7-10)9-15(23)21-16-12(18)3-2-4-13(16)19/h2-4,10-11,14H,5-9H2,1H3,(H,20,24)(H,21,23)/t10-,11-,14+/m0/s1. The highest BCUT2D eigenvalue weighted by atomic mass is 35.5. The molecule has 2 fully saturated rings. The molecular weight excluding hydrogens is 365 g/mol. The van der Waals surface area contributed by atoms with Gasteiger partial charge in [0.15, 0.2) is 5.11 Å². The van der Waals surface area contributed by atoms with Crippen molar-refractivity contribution in [2.45, 2.75) is 31.7 Å². The molecule has 0 unspecified atom stereocenters. The van der Waals surface area contributed by atoms with E-state index in [0.29, 0.717) is 26.9 Å². The normalized spacial score (nSPS) is 24.7. The van der Waals surface area contributed by atoms with Crippen molar-refractivity contribution in [2.24, 2.45) is 11.8 Å². The van der Waals surface area contributed by atoms with E-state index in [1.54, 1.807) is 23.1 Å². The first-order chi connectivity index (χ1) is 11.4. The summed E-state index contributed by atoms with van der Waals surface area (Å²) in [6.07, 6.45) is 5.15. The van der Waals surface area contributed by atoms with E-state index in [4.69, 9.17) is 35.4 Å². The summed E-state index contributed by atoms with van der Waals surface area (Å²) in [7, 11) is 1.82. The molecule has 0 radical (unpaired) electrons. The van der Waals surface area contributed by atoms with E-state index in [2.05, 4.69) is 10.6 Å². The first-order valence-corrected chi connectivity index (χ1v) is 9.36. The second-order valence-corrected chi connectivity index (χ2v) is 7.93. The van der Waals surface area contributed by atoms with Gasteiger partial charge in [0, 0.05) is 13.1 Å². The Morgan fingerprint density at radius 2 is 2.00 bits per heavy atom. The van der Waals surface area contributed by atoms with Crippen molar-refractivity contribution in [1.29, 1.82) is 0 Å². The summed E-state index contributed by atoms with van der Waals surface area (Å²) in [6.45, 7) is 0.147. The molecule has 1 aromatic carbocycles. The number of amides is 1. The van der Waals surface area contributed by atoms with Crippen LogP contribution in [0.2, 0.25) is 10.0 Å². The van der Waals surface area contributed by atoms with Crippen LogP contribution in [0, 0.1) is 11.8 Å².